The molecular formula is C7H14N2O3. The van der Waals surface area contributed by atoms with Gasteiger partial charge in [0.2, 0.25) is 5.91 Å². The molecule has 0 fully saturated rings. The SMILES string of the molecule is CCNCC(=O)N[C@@H](C)C(=O)O. The standard InChI is InChI=1S/C7H14N2O3/c1-3-8-4-6(10)9-5(2)7(11)12/h5,8H,3-4H2,1-2H3,(H,9,10)(H,11,12)/t5-/m0/s1. The molecule has 1 atom stereocenters. The fourth-order valence-corrected chi connectivity index (χ4v) is 0.593. The highest BCUT2D eigenvalue weighted by atomic mass is 16.4. The fourth-order valence-electron chi connectivity index (χ4n) is 0.593. The van der Waals surface area contributed by atoms with Crippen LogP contribution < -0.4 is 10.6 Å². The van der Waals surface area contributed by atoms with E-state index in [1.165, 1.54) is 6.92 Å². The summed E-state index contributed by atoms with van der Waals surface area (Å²) in [5.41, 5.74) is 0. The summed E-state index contributed by atoms with van der Waals surface area (Å²) in [6, 6.07) is -0.823. The number of amides is 1. The Labute approximate surface area is 71.1 Å². The molecule has 0 rings (SSSR count). The van der Waals surface area contributed by atoms with E-state index in [2.05, 4.69) is 10.6 Å². The van der Waals surface area contributed by atoms with Crippen LogP contribution in [0.5, 0.6) is 0 Å². The molecule has 0 bridgehead atoms. The van der Waals surface area contributed by atoms with Gasteiger partial charge in [-0.3, -0.25) is 9.59 Å². The van der Waals surface area contributed by atoms with Crippen LogP contribution in [0.3, 0.4) is 0 Å². The minimum Gasteiger partial charge on any atom is -0.480 e. The zero-order valence-corrected chi connectivity index (χ0v) is 7.26. The van der Waals surface area contributed by atoms with Crippen LogP contribution in [-0.4, -0.2) is 36.1 Å². The Hall–Kier alpha value is -1.10. The molecule has 0 saturated heterocycles. The molecular weight excluding hydrogens is 160 g/mol. The highest BCUT2D eigenvalue weighted by molar-refractivity contribution is 5.84. The molecule has 0 aliphatic carbocycles. The first-order chi connectivity index (χ1) is 5.57. The zero-order chi connectivity index (χ0) is 9.56. The summed E-state index contributed by atoms with van der Waals surface area (Å²) in [5, 5.41) is 13.5. The molecule has 0 aliphatic heterocycles. The van der Waals surface area contributed by atoms with Gasteiger partial charge in [-0.2, -0.15) is 0 Å². The van der Waals surface area contributed by atoms with Crippen molar-refractivity contribution >= 4 is 11.9 Å². The number of carbonyl (C=O) groups excluding carboxylic acids is 1. The van der Waals surface area contributed by atoms with Gasteiger partial charge in [-0.1, -0.05) is 6.92 Å². The number of nitrogens with one attached hydrogen (secondary N) is 2. The van der Waals surface area contributed by atoms with Crippen LogP contribution in [-0.2, 0) is 9.59 Å². The van der Waals surface area contributed by atoms with Gasteiger partial charge < -0.3 is 15.7 Å². The molecule has 0 unspecified atom stereocenters. The van der Waals surface area contributed by atoms with Crippen LogP contribution in [0.2, 0.25) is 0 Å². The highest BCUT2D eigenvalue weighted by Crippen LogP contribution is 1.79. The Morgan fingerprint density at radius 2 is 2.08 bits per heavy atom. The van der Waals surface area contributed by atoms with Gasteiger partial charge in [0.15, 0.2) is 0 Å². The number of carboxylic acid groups (broad SMARTS) is 1. The molecule has 0 radical (unpaired) electrons. The molecule has 5 nitrogen and oxygen atoms in total. The van der Waals surface area contributed by atoms with Gasteiger partial charge in [0.1, 0.15) is 6.04 Å². The largest absolute Gasteiger partial charge is 0.480 e. The third-order valence-corrected chi connectivity index (χ3v) is 1.28. The first-order valence-electron chi connectivity index (χ1n) is 3.80. The van der Waals surface area contributed by atoms with E-state index >= 15 is 0 Å². The molecule has 0 aromatic rings. The summed E-state index contributed by atoms with van der Waals surface area (Å²) >= 11 is 0. The van der Waals surface area contributed by atoms with E-state index in [9.17, 15) is 9.59 Å². The maximum atomic E-state index is 10.9. The van der Waals surface area contributed by atoms with Crippen molar-refractivity contribution in [3.63, 3.8) is 0 Å². The lowest BCUT2D eigenvalue weighted by molar-refractivity contribution is -0.141. The molecule has 0 aromatic heterocycles. The molecule has 3 N–H and O–H groups in total. The van der Waals surface area contributed by atoms with E-state index in [0.29, 0.717) is 6.54 Å². The van der Waals surface area contributed by atoms with Crippen molar-refractivity contribution in [3.8, 4) is 0 Å². The van der Waals surface area contributed by atoms with Crippen molar-refractivity contribution in [2.24, 2.45) is 0 Å². The predicted molar refractivity (Wildman–Crippen MR) is 43.8 cm³/mol. The van der Waals surface area contributed by atoms with Crippen molar-refractivity contribution in [3.05, 3.63) is 0 Å². The lowest BCUT2D eigenvalue weighted by atomic mass is 10.3. The summed E-state index contributed by atoms with van der Waals surface area (Å²) in [5.74, 6) is -1.33. The lowest BCUT2D eigenvalue weighted by Gasteiger charge is -2.08. The van der Waals surface area contributed by atoms with Crippen LogP contribution in [0.4, 0.5) is 0 Å². The van der Waals surface area contributed by atoms with E-state index in [-0.39, 0.29) is 12.5 Å². The molecule has 0 spiro atoms. The summed E-state index contributed by atoms with van der Waals surface area (Å²) in [4.78, 5) is 21.2. The summed E-state index contributed by atoms with van der Waals surface area (Å²) in [7, 11) is 0. The van der Waals surface area contributed by atoms with E-state index in [1.807, 2.05) is 6.92 Å². The number of likely N-dealkylation sites (N-methyl/N-ethyl adjacent to an activating group) is 1. The van der Waals surface area contributed by atoms with Gasteiger partial charge in [0.25, 0.3) is 0 Å². The zero-order valence-electron chi connectivity index (χ0n) is 7.26. The minimum absolute atomic E-state index is 0.161. The van der Waals surface area contributed by atoms with Gasteiger partial charge in [-0.25, -0.2) is 0 Å². The Kier molecular flexibility index (Phi) is 5.03. The first kappa shape index (κ1) is 10.9. The van der Waals surface area contributed by atoms with Crippen molar-refractivity contribution in [2.75, 3.05) is 13.1 Å². The highest BCUT2D eigenvalue weighted by Gasteiger charge is 2.12. The van der Waals surface area contributed by atoms with Crippen molar-refractivity contribution in [1.29, 1.82) is 0 Å². The summed E-state index contributed by atoms with van der Waals surface area (Å²) in [6.07, 6.45) is 0. The van der Waals surface area contributed by atoms with Crippen molar-refractivity contribution in [1.82, 2.24) is 10.6 Å². The smallest absolute Gasteiger partial charge is 0.325 e. The lowest BCUT2D eigenvalue weighted by Crippen LogP contribution is -2.42. The third kappa shape index (κ3) is 4.68. The maximum absolute atomic E-state index is 10.9. The second-order valence-corrected chi connectivity index (χ2v) is 2.41. The second kappa shape index (κ2) is 5.54. The minimum atomic E-state index is -1.03. The third-order valence-electron chi connectivity index (χ3n) is 1.28. The maximum Gasteiger partial charge on any atom is 0.325 e. The molecule has 0 aliphatic rings. The van der Waals surface area contributed by atoms with Crippen LogP contribution in [0.1, 0.15) is 13.8 Å². The monoisotopic (exact) mass is 174 g/mol. The Morgan fingerprint density at radius 1 is 1.50 bits per heavy atom. The van der Waals surface area contributed by atoms with Gasteiger partial charge in [-0.05, 0) is 13.5 Å². The van der Waals surface area contributed by atoms with Crippen LogP contribution >= 0.6 is 0 Å². The Bertz CT molecular complexity index is 170. The molecule has 1 amide bonds. The number of carbonyl (C=O) groups is 2. The van der Waals surface area contributed by atoms with E-state index in [4.69, 9.17) is 5.11 Å². The number of hydrogen-bond acceptors (Lipinski definition) is 3. The molecule has 70 valence electrons. The van der Waals surface area contributed by atoms with Crippen LogP contribution in [0.25, 0.3) is 0 Å². The van der Waals surface area contributed by atoms with Crippen molar-refractivity contribution < 1.29 is 14.7 Å². The number of rotatable bonds is 5. The predicted octanol–water partition coefficient (Wildman–Crippen LogP) is -0.815. The molecule has 0 aromatic carbocycles. The molecule has 12 heavy (non-hydrogen) atoms. The number of carboxylic acids is 1. The van der Waals surface area contributed by atoms with Gasteiger partial charge in [0, 0.05) is 0 Å². The molecule has 0 saturated carbocycles. The summed E-state index contributed by atoms with van der Waals surface area (Å²) in [6.45, 7) is 4.14. The van der Waals surface area contributed by atoms with E-state index in [0.717, 1.165) is 0 Å². The normalized spacial score (nSPS) is 12.2. The fraction of sp³-hybridized carbons (Fsp3) is 0.714. The number of hydrogen-bond donors (Lipinski definition) is 3. The van der Waals surface area contributed by atoms with E-state index in [1.54, 1.807) is 0 Å². The molecule has 0 heterocycles. The first-order valence-corrected chi connectivity index (χ1v) is 3.80. The molecule has 5 heteroatoms. The Morgan fingerprint density at radius 3 is 2.50 bits per heavy atom. The van der Waals surface area contributed by atoms with Gasteiger partial charge in [-0.15, -0.1) is 0 Å². The average molecular weight is 174 g/mol. The number of aliphatic carboxylic acids is 1. The van der Waals surface area contributed by atoms with Gasteiger partial charge >= 0.3 is 5.97 Å². The Balaban J connectivity index is 3.61. The van der Waals surface area contributed by atoms with Crippen LogP contribution in [0.15, 0.2) is 0 Å². The topological polar surface area (TPSA) is 78.4 Å². The van der Waals surface area contributed by atoms with Crippen molar-refractivity contribution in [2.45, 2.75) is 19.9 Å². The quantitative estimate of drug-likeness (QED) is 0.509. The van der Waals surface area contributed by atoms with Crippen LogP contribution in [0, 0.1) is 0 Å². The average Bonchev–Trinajstić information content (AvgIpc) is 2.00. The summed E-state index contributed by atoms with van der Waals surface area (Å²) < 4.78 is 0. The van der Waals surface area contributed by atoms with E-state index < -0.39 is 12.0 Å². The van der Waals surface area contributed by atoms with Gasteiger partial charge in [0.05, 0.1) is 6.54 Å². The second-order valence-electron chi connectivity index (χ2n) is 2.41.